The van der Waals surface area contributed by atoms with Crippen molar-refractivity contribution in [2.75, 3.05) is 29.2 Å². The number of nitrogens with zero attached hydrogens (tertiary/aromatic N) is 5. The van der Waals surface area contributed by atoms with Crippen molar-refractivity contribution in [2.45, 2.75) is 45.6 Å². The third kappa shape index (κ3) is 6.08. The first kappa shape index (κ1) is 25.6. The maximum absolute atomic E-state index is 10.8. The average Bonchev–Trinajstić information content (AvgIpc) is 3.55. The van der Waals surface area contributed by atoms with Gasteiger partial charge in [0.1, 0.15) is 22.3 Å². The summed E-state index contributed by atoms with van der Waals surface area (Å²) in [6.07, 6.45) is 1.99. The van der Waals surface area contributed by atoms with Gasteiger partial charge in [0.2, 0.25) is 0 Å². The Balaban J connectivity index is 1.19. The molecule has 12 heteroatoms. The highest BCUT2D eigenvalue weighted by Crippen LogP contribution is 2.32. The van der Waals surface area contributed by atoms with Crippen molar-refractivity contribution in [3.63, 3.8) is 0 Å². The highest BCUT2D eigenvalue weighted by Gasteiger charge is 2.28. The molecule has 1 aromatic carbocycles. The normalized spacial score (nSPS) is 16.3. The van der Waals surface area contributed by atoms with Crippen LogP contribution in [0.5, 0.6) is 5.19 Å². The van der Waals surface area contributed by atoms with Gasteiger partial charge in [0.15, 0.2) is 16.9 Å². The number of aromatic nitrogens is 4. The molecule has 0 radical (unpaired) electrons. The smallest absolute Gasteiger partial charge is 0.324 e. The van der Waals surface area contributed by atoms with Crippen LogP contribution >= 0.6 is 11.3 Å². The SMILES string of the molecule is CC(C)c1noc(N2CCC(C(C)Oc3nc4ccc(-c5ccc(NCS(=O)O)cc5)nc4s3)CC2)n1. The molecule has 3 aromatic heterocycles. The van der Waals surface area contributed by atoms with Crippen LogP contribution in [-0.4, -0.2) is 53.9 Å². The maximum atomic E-state index is 10.8. The standard InChI is InChI=1S/C25H30N6O4S2/c1-15(2)22-29-24(35-30-22)31-12-10-17(11-13-31)16(3)34-25-28-21-9-8-20(27-23(21)36-25)18-4-6-19(7-5-18)26-14-37(32)33/h4-9,15-17,26H,10-14H2,1-3H3,(H,32,33). The van der Waals surface area contributed by atoms with E-state index in [0.29, 0.717) is 17.1 Å². The number of piperidine rings is 1. The third-order valence-corrected chi connectivity index (χ3v) is 7.77. The molecule has 0 amide bonds. The van der Waals surface area contributed by atoms with Gasteiger partial charge in [-0.25, -0.2) is 14.2 Å². The lowest BCUT2D eigenvalue weighted by atomic mass is 9.92. The first-order valence-corrected chi connectivity index (χ1v) is 14.4. The van der Waals surface area contributed by atoms with Crippen molar-refractivity contribution in [2.24, 2.45) is 5.92 Å². The summed E-state index contributed by atoms with van der Waals surface area (Å²) in [5, 5.41) is 7.61. The molecule has 4 heterocycles. The van der Waals surface area contributed by atoms with Crippen LogP contribution in [0.1, 0.15) is 45.4 Å². The molecule has 1 fully saturated rings. The van der Waals surface area contributed by atoms with Crippen LogP contribution in [-0.2, 0) is 11.1 Å². The maximum Gasteiger partial charge on any atom is 0.324 e. The lowest BCUT2D eigenvalue weighted by Crippen LogP contribution is -2.38. The molecule has 0 saturated carbocycles. The fourth-order valence-electron chi connectivity index (χ4n) is 4.32. The molecule has 1 aliphatic heterocycles. The van der Waals surface area contributed by atoms with Crippen molar-refractivity contribution in [1.82, 2.24) is 20.1 Å². The fourth-order valence-corrected chi connectivity index (χ4v) is 5.48. The molecule has 1 saturated heterocycles. The lowest BCUT2D eigenvalue weighted by molar-refractivity contribution is 0.131. The van der Waals surface area contributed by atoms with Crippen molar-refractivity contribution >= 4 is 44.5 Å². The van der Waals surface area contributed by atoms with Gasteiger partial charge in [-0.05, 0) is 49.9 Å². The van der Waals surface area contributed by atoms with Crippen LogP contribution in [0.15, 0.2) is 40.9 Å². The molecular formula is C25H30N6O4S2. The van der Waals surface area contributed by atoms with E-state index in [4.69, 9.17) is 18.8 Å². The summed E-state index contributed by atoms with van der Waals surface area (Å²) < 4.78 is 31.5. The summed E-state index contributed by atoms with van der Waals surface area (Å²) in [6.45, 7) is 7.93. The van der Waals surface area contributed by atoms with E-state index in [-0.39, 0.29) is 17.9 Å². The Labute approximate surface area is 221 Å². The number of thiazole rings is 1. The summed E-state index contributed by atoms with van der Waals surface area (Å²) in [5.41, 5.74) is 3.38. The number of hydrogen-bond donors (Lipinski definition) is 2. The van der Waals surface area contributed by atoms with Crippen molar-refractivity contribution in [1.29, 1.82) is 0 Å². The highest BCUT2D eigenvalue weighted by molar-refractivity contribution is 7.79. The van der Waals surface area contributed by atoms with Crippen LogP contribution in [0.3, 0.4) is 0 Å². The van der Waals surface area contributed by atoms with Crippen molar-refractivity contribution in [3.8, 4) is 16.5 Å². The van der Waals surface area contributed by atoms with E-state index in [1.54, 1.807) is 0 Å². The minimum atomic E-state index is -1.89. The van der Waals surface area contributed by atoms with E-state index in [2.05, 4.69) is 46.1 Å². The molecule has 1 aliphatic rings. The Hall–Kier alpha value is -3.09. The summed E-state index contributed by atoms with van der Waals surface area (Å²) in [4.78, 5) is 16.9. The van der Waals surface area contributed by atoms with Gasteiger partial charge in [-0.3, -0.25) is 0 Å². The summed E-state index contributed by atoms with van der Waals surface area (Å²) >= 11 is -0.436. The summed E-state index contributed by atoms with van der Waals surface area (Å²) in [7, 11) is 0. The minimum Gasteiger partial charge on any atom is -0.467 e. The van der Waals surface area contributed by atoms with Crippen molar-refractivity contribution < 1.29 is 18.0 Å². The second-order valence-corrected chi connectivity index (χ2v) is 11.3. The molecule has 2 unspecified atom stereocenters. The number of nitrogens with one attached hydrogen (secondary N) is 1. The monoisotopic (exact) mass is 542 g/mol. The molecule has 2 atom stereocenters. The average molecular weight is 543 g/mol. The van der Waals surface area contributed by atoms with Crippen molar-refractivity contribution in [3.05, 3.63) is 42.2 Å². The number of ether oxygens (including phenoxy) is 1. The Morgan fingerprint density at radius 3 is 2.57 bits per heavy atom. The molecule has 2 N–H and O–H groups in total. The summed E-state index contributed by atoms with van der Waals surface area (Å²) in [5.74, 6) is 1.39. The molecular weight excluding hydrogens is 512 g/mol. The van der Waals surface area contributed by atoms with Crippen LogP contribution in [0, 0.1) is 5.92 Å². The van der Waals surface area contributed by atoms with Crippen LogP contribution < -0.4 is 15.0 Å². The Bertz CT molecular complexity index is 1370. The van der Waals surface area contributed by atoms with Gasteiger partial charge in [-0.2, -0.15) is 4.98 Å². The zero-order valence-corrected chi connectivity index (χ0v) is 22.6. The predicted molar refractivity (Wildman–Crippen MR) is 146 cm³/mol. The number of pyridine rings is 1. The van der Waals surface area contributed by atoms with E-state index in [9.17, 15) is 4.21 Å². The fraction of sp³-hybridized carbons (Fsp3) is 0.440. The molecule has 37 heavy (non-hydrogen) atoms. The largest absolute Gasteiger partial charge is 0.467 e. The molecule has 196 valence electrons. The van der Waals surface area contributed by atoms with Gasteiger partial charge in [-0.1, -0.05) is 42.5 Å². The first-order chi connectivity index (χ1) is 17.9. The zero-order valence-electron chi connectivity index (χ0n) is 21.0. The minimum absolute atomic E-state index is 0.0114. The molecule has 4 aromatic rings. The topological polar surface area (TPSA) is 127 Å². The van der Waals surface area contributed by atoms with Gasteiger partial charge in [0.25, 0.3) is 5.19 Å². The van der Waals surface area contributed by atoms with Gasteiger partial charge >= 0.3 is 6.01 Å². The Kier molecular flexibility index (Phi) is 7.68. The van der Waals surface area contributed by atoms with Gasteiger partial charge in [-0.15, -0.1) is 0 Å². The van der Waals surface area contributed by atoms with Gasteiger partial charge in [0, 0.05) is 30.3 Å². The molecule has 0 spiro atoms. The van der Waals surface area contributed by atoms with Crippen LogP contribution in [0.25, 0.3) is 21.6 Å². The number of hydrogen-bond acceptors (Lipinski definition) is 10. The second-order valence-electron chi connectivity index (χ2n) is 9.46. The Morgan fingerprint density at radius 2 is 1.89 bits per heavy atom. The molecule has 0 bridgehead atoms. The quantitative estimate of drug-likeness (QED) is 0.275. The highest BCUT2D eigenvalue weighted by atomic mass is 32.2. The van der Waals surface area contributed by atoms with Gasteiger partial charge < -0.3 is 24.0 Å². The predicted octanol–water partition coefficient (Wildman–Crippen LogP) is 5.14. The van der Waals surface area contributed by atoms with E-state index in [0.717, 1.165) is 59.0 Å². The number of benzene rings is 1. The number of anilines is 2. The molecule has 10 nitrogen and oxygen atoms in total. The number of rotatable bonds is 9. The zero-order chi connectivity index (χ0) is 25.9. The lowest BCUT2D eigenvalue weighted by Gasteiger charge is -2.33. The molecule has 0 aliphatic carbocycles. The Morgan fingerprint density at radius 1 is 1.14 bits per heavy atom. The van der Waals surface area contributed by atoms with Crippen LogP contribution in [0.2, 0.25) is 0 Å². The first-order valence-electron chi connectivity index (χ1n) is 12.3. The third-order valence-electron chi connectivity index (χ3n) is 6.52. The van der Waals surface area contributed by atoms with Crippen LogP contribution in [0.4, 0.5) is 11.7 Å². The summed E-state index contributed by atoms with van der Waals surface area (Å²) in [6, 6.07) is 12.1. The van der Waals surface area contributed by atoms with E-state index in [1.807, 2.05) is 36.4 Å². The molecule has 5 rings (SSSR count). The number of fused-ring (bicyclic) bond motifs is 1. The second kappa shape index (κ2) is 11.1. The van der Waals surface area contributed by atoms with Gasteiger partial charge in [0.05, 0.1) is 5.69 Å². The van der Waals surface area contributed by atoms with E-state index in [1.165, 1.54) is 11.3 Å². The van der Waals surface area contributed by atoms with E-state index >= 15 is 0 Å². The van der Waals surface area contributed by atoms with E-state index < -0.39 is 11.1 Å².